The van der Waals surface area contributed by atoms with Crippen LogP contribution in [0.1, 0.15) is 36.8 Å². The van der Waals surface area contributed by atoms with Crippen molar-refractivity contribution in [3.05, 3.63) is 84.0 Å². The van der Waals surface area contributed by atoms with Crippen molar-refractivity contribution in [2.75, 3.05) is 0 Å². The summed E-state index contributed by atoms with van der Waals surface area (Å²) < 4.78 is 0. The van der Waals surface area contributed by atoms with E-state index >= 15 is 0 Å². The highest BCUT2D eigenvalue weighted by Crippen LogP contribution is 2.57. The monoisotopic (exact) mass is 508 g/mol. The second-order valence-corrected chi connectivity index (χ2v) is 11.9. The van der Waals surface area contributed by atoms with Crippen LogP contribution in [0.25, 0.3) is 0 Å². The molecule has 7 unspecified atom stereocenters. The Morgan fingerprint density at radius 2 is 1.11 bits per heavy atom. The molecule has 2 heterocycles. The van der Waals surface area contributed by atoms with Gasteiger partial charge in [0.25, 0.3) is 0 Å². The van der Waals surface area contributed by atoms with Crippen molar-refractivity contribution < 1.29 is 19.2 Å². The fourth-order valence-corrected chi connectivity index (χ4v) is 8.65. The highest BCUT2D eigenvalue weighted by Gasteiger charge is 2.62. The van der Waals surface area contributed by atoms with E-state index in [0.717, 1.165) is 36.8 Å². The number of imide groups is 2. The average Bonchev–Trinajstić information content (AvgIpc) is 3.73. The summed E-state index contributed by atoms with van der Waals surface area (Å²) in [6, 6.07) is 7.61. The molecule has 0 aromatic heterocycles. The largest absolute Gasteiger partial charge is 0.278 e. The van der Waals surface area contributed by atoms with Gasteiger partial charge in [-0.05, 0) is 60.5 Å². The summed E-state index contributed by atoms with van der Waals surface area (Å²) in [6.07, 6.45) is 11.5. The van der Waals surface area contributed by atoms with Gasteiger partial charge in [-0.25, -0.2) is 0 Å². The third-order valence-corrected chi connectivity index (χ3v) is 10.1. The van der Waals surface area contributed by atoms with Crippen molar-refractivity contribution in [2.45, 2.75) is 38.8 Å². The Morgan fingerprint density at radius 1 is 0.684 bits per heavy atom. The Bertz CT molecular complexity index is 1270. The van der Waals surface area contributed by atoms with Gasteiger partial charge < -0.3 is 0 Å². The molecule has 0 radical (unpaired) electrons. The maximum Gasteiger partial charge on any atom is 0.234 e. The molecule has 38 heavy (non-hydrogen) atoms. The highest BCUT2D eigenvalue weighted by atomic mass is 16.2. The molecule has 7 rings (SSSR count). The van der Waals surface area contributed by atoms with Gasteiger partial charge in [0.15, 0.2) is 0 Å². The number of hydrogen-bond donors (Lipinski definition) is 0. The molecule has 6 heteroatoms. The van der Waals surface area contributed by atoms with Gasteiger partial charge in [-0.3, -0.25) is 29.0 Å². The number of rotatable bonds is 8. The lowest BCUT2D eigenvalue weighted by Crippen LogP contribution is -2.33. The quantitative estimate of drug-likeness (QED) is 0.390. The van der Waals surface area contributed by atoms with Gasteiger partial charge in [0.2, 0.25) is 23.6 Å². The third kappa shape index (κ3) is 3.18. The predicted octanol–water partition coefficient (Wildman–Crippen LogP) is 4.19. The number of carbonyl (C=O) groups excluding carboxylic acids is 4. The van der Waals surface area contributed by atoms with Crippen molar-refractivity contribution in [3.8, 4) is 0 Å². The summed E-state index contributed by atoms with van der Waals surface area (Å²) in [6.45, 7) is 8.12. The lowest BCUT2D eigenvalue weighted by Gasteiger charge is -2.21. The zero-order valence-electron chi connectivity index (χ0n) is 21.4. The van der Waals surface area contributed by atoms with Crippen LogP contribution in [0.2, 0.25) is 0 Å². The van der Waals surface area contributed by atoms with Crippen molar-refractivity contribution in [2.24, 2.45) is 47.3 Å². The van der Waals surface area contributed by atoms with Gasteiger partial charge >= 0.3 is 0 Å². The number of likely N-dealkylation sites (tertiary alicyclic amines) is 2. The minimum absolute atomic E-state index is 0.0661. The van der Waals surface area contributed by atoms with E-state index in [0.29, 0.717) is 0 Å². The first-order valence-corrected chi connectivity index (χ1v) is 13.8. The zero-order valence-corrected chi connectivity index (χ0v) is 21.4. The Morgan fingerprint density at radius 3 is 1.53 bits per heavy atom. The van der Waals surface area contributed by atoms with Gasteiger partial charge in [-0.1, -0.05) is 59.7 Å². The Kier molecular flexibility index (Phi) is 5.26. The van der Waals surface area contributed by atoms with E-state index in [1.54, 1.807) is 0 Å². The topological polar surface area (TPSA) is 74.8 Å². The third-order valence-electron chi connectivity index (χ3n) is 10.1. The van der Waals surface area contributed by atoms with Crippen LogP contribution in [0.3, 0.4) is 0 Å². The molecular weight excluding hydrogens is 476 g/mol. The lowest BCUT2D eigenvalue weighted by atomic mass is 9.80. The lowest BCUT2D eigenvalue weighted by molar-refractivity contribution is -0.142. The Hall–Kier alpha value is -3.54. The molecule has 1 aromatic rings. The molecule has 6 nitrogen and oxygen atoms in total. The summed E-state index contributed by atoms with van der Waals surface area (Å²) in [5.41, 5.74) is 4.18. The first-order chi connectivity index (χ1) is 18.4. The number of carbonyl (C=O) groups is 4. The van der Waals surface area contributed by atoms with E-state index in [2.05, 4.69) is 25.3 Å². The standard InChI is InChI=1S/C32H32N2O4/c1-3-6-19-11-21-13-23(19)27-25(21)29(35)33(31(27)37)15-17-8-5-9-18(10-17)16-34-30(36)26-22-12-20(7-4-2)24(14-22)28(26)32(34)38/h3-5,8-12,21-28H,1-2,6-7,13-16H2/t21?,22?,23?,24?,25-,26?,27?,28?/m0/s1. The van der Waals surface area contributed by atoms with Crippen LogP contribution in [-0.4, -0.2) is 33.4 Å². The number of hydrogen-bond acceptors (Lipinski definition) is 4. The molecule has 8 atom stereocenters. The molecule has 4 amide bonds. The van der Waals surface area contributed by atoms with Crippen LogP contribution >= 0.6 is 0 Å². The minimum atomic E-state index is -0.246. The number of benzene rings is 1. The van der Waals surface area contributed by atoms with Crippen LogP contribution < -0.4 is 0 Å². The molecule has 194 valence electrons. The normalized spacial score (nSPS) is 36.2. The smallest absolute Gasteiger partial charge is 0.234 e. The second-order valence-electron chi connectivity index (χ2n) is 11.9. The van der Waals surface area contributed by atoms with Crippen LogP contribution in [0.15, 0.2) is 72.9 Å². The van der Waals surface area contributed by atoms with Gasteiger partial charge in [-0.15, -0.1) is 13.2 Å². The first kappa shape index (κ1) is 23.6. The van der Waals surface area contributed by atoms with E-state index in [4.69, 9.17) is 0 Å². The SMILES string of the molecule is C=CCC1=CC2CC1C1C(=O)N(Cc3cccc(CN4C(=O)C5C6CC(C=C6CC=C)[C@@H]5C4=O)c3)C(=O)C21. The van der Waals surface area contributed by atoms with Crippen molar-refractivity contribution in [1.29, 1.82) is 0 Å². The molecular formula is C32H32N2O4. The fraction of sp³-hybridized carbons (Fsp3) is 0.438. The maximum atomic E-state index is 13.4. The highest BCUT2D eigenvalue weighted by molar-refractivity contribution is 6.07. The Balaban J connectivity index is 1.06. The summed E-state index contributed by atoms with van der Waals surface area (Å²) in [5.74, 6) is -0.629. The van der Waals surface area contributed by atoms with Gasteiger partial charge in [0.1, 0.15) is 0 Å². The van der Waals surface area contributed by atoms with E-state index in [-0.39, 0.29) is 84.1 Å². The summed E-state index contributed by atoms with van der Waals surface area (Å²) in [7, 11) is 0. The summed E-state index contributed by atoms with van der Waals surface area (Å²) in [4.78, 5) is 56.2. The molecule has 0 N–H and O–H groups in total. The van der Waals surface area contributed by atoms with Gasteiger partial charge in [0.05, 0.1) is 36.8 Å². The first-order valence-electron chi connectivity index (χ1n) is 13.8. The molecule has 4 bridgehead atoms. The minimum Gasteiger partial charge on any atom is -0.278 e. The van der Waals surface area contributed by atoms with Crippen molar-refractivity contribution in [1.82, 2.24) is 9.80 Å². The second kappa shape index (κ2) is 8.48. The zero-order chi connectivity index (χ0) is 26.3. The van der Waals surface area contributed by atoms with E-state index in [1.807, 2.05) is 36.4 Å². The van der Waals surface area contributed by atoms with Gasteiger partial charge in [0, 0.05) is 0 Å². The predicted molar refractivity (Wildman–Crippen MR) is 141 cm³/mol. The van der Waals surface area contributed by atoms with Crippen LogP contribution in [-0.2, 0) is 32.3 Å². The molecule has 2 aliphatic heterocycles. The van der Waals surface area contributed by atoms with Crippen LogP contribution in [0.4, 0.5) is 0 Å². The maximum absolute atomic E-state index is 13.4. The molecule has 4 fully saturated rings. The van der Waals surface area contributed by atoms with E-state index < -0.39 is 0 Å². The van der Waals surface area contributed by atoms with Crippen LogP contribution in [0.5, 0.6) is 0 Å². The summed E-state index contributed by atoms with van der Waals surface area (Å²) in [5, 5.41) is 0. The molecule has 1 aromatic carbocycles. The summed E-state index contributed by atoms with van der Waals surface area (Å²) >= 11 is 0. The van der Waals surface area contributed by atoms with E-state index in [1.165, 1.54) is 20.9 Å². The van der Waals surface area contributed by atoms with Crippen molar-refractivity contribution >= 4 is 23.6 Å². The number of amides is 4. The molecule has 0 spiro atoms. The molecule has 6 aliphatic rings. The number of fused-ring (bicyclic) bond motifs is 10. The Labute approximate surface area is 222 Å². The fourth-order valence-electron chi connectivity index (χ4n) is 8.65. The van der Waals surface area contributed by atoms with E-state index in [9.17, 15) is 19.2 Å². The number of nitrogens with zero attached hydrogens (tertiary/aromatic N) is 2. The molecule has 2 saturated carbocycles. The number of allylic oxidation sites excluding steroid dienone is 6. The molecule has 4 aliphatic carbocycles. The van der Waals surface area contributed by atoms with Crippen molar-refractivity contribution in [3.63, 3.8) is 0 Å². The van der Waals surface area contributed by atoms with Gasteiger partial charge in [-0.2, -0.15) is 0 Å². The molecule has 2 saturated heterocycles. The average molecular weight is 509 g/mol. The van der Waals surface area contributed by atoms with Crippen LogP contribution in [0, 0.1) is 47.3 Å².